The zero-order chi connectivity index (χ0) is 14.6. The second kappa shape index (κ2) is 5.43. The summed E-state index contributed by atoms with van der Waals surface area (Å²) in [4.78, 5) is 0. The third kappa shape index (κ3) is 2.48. The zero-order valence-electron chi connectivity index (χ0n) is 13.2. The predicted octanol–water partition coefficient (Wildman–Crippen LogP) is 5.56. The molecule has 0 nitrogen and oxygen atoms in total. The van der Waals surface area contributed by atoms with Crippen molar-refractivity contribution in [1.29, 1.82) is 0 Å². The summed E-state index contributed by atoms with van der Waals surface area (Å²) in [5.74, 6) is 2.30. The molecule has 4 rings (SSSR count). The topological polar surface area (TPSA) is 0 Å². The van der Waals surface area contributed by atoms with Crippen molar-refractivity contribution >= 4 is 8.58 Å². The molecule has 0 aromatic heterocycles. The molecule has 0 bridgehead atoms. The Kier molecular flexibility index (Phi) is 3.84. The van der Waals surface area contributed by atoms with Crippen molar-refractivity contribution in [2.75, 3.05) is 6.66 Å². The van der Waals surface area contributed by atoms with Gasteiger partial charge in [0.1, 0.15) is 0 Å². The number of fused-ring (bicyclic) bond motifs is 5. The Morgan fingerprint density at radius 2 is 1.38 bits per heavy atom. The summed E-state index contributed by atoms with van der Waals surface area (Å²) in [5, 5.41) is 0. The number of hydrogen-bond acceptors (Lipinski definition) is 0. The van der Waals surface area contributed by atoms with Crippen LogP contribution in [0.2, 0.25) is 0 Å². The number of halogens is 2. The summed E-state index contributed by atoms with van der Waals surface area (Å²) in [6.45, 7) is 2.39. The van der Waals surface area contributed by atoms with Gasteiger partial charge < -0.3 is 0 Å². The number of rotatable bonds is 1. The van der Waals surface area contributed by atoms with Crippen LogP contribution < -0.4 is 0 Å². The number of hydrogen-bond donors (Lipinski definition) is 0. The molecule has 0 saturated heterocycles. The first-order valence-corrected chi connectivity index (χ1v) is 10.7. The molecule has 8 atom stereocenters. The lowest BCUT2D eigenvalue weighted by molar-refractivity contribution is -0.110. The predicted molar refractivity (Wildman–Crippen MR) is 85.5 cm³/mol. The fourth-order valence-corrected chi connectivity index (χ4v) is 8.11. The first kappa shape index (κ1) is 14.9. The third-order valence-corrected chi connectivity index (χ3v) is 9.07. The fourth-order valence-electron chi connectivity index (χ4n) is 6.82. The van der Waals surface area contributed by atoms with Gasteiger partial charge in [-0.15, -0.1) is 8.58 Å². The molecular formula is C18H29F2P. The van der Waals surface area contributed by atoms with Crippen LogP contribution in [-0.4, -0.2) is 18.2 Å². The van der Waals surface area contributed by atoms with E-state index >= 15 is 0 Å². The van der Waals surface area contributed by atoms with Gasteiger partial charge in [-0.1, -0.05) is 0 Å². The Balaban J connectivity index is 1.50. The average Bonchev–Trinajstić information content (AvgIpc) is 2.88. The second-order valence-electron chi connectivity index (χ2n) is 8.31. The van der Waals surface area contributed by atoms with Gasteiger partial charge in [-0.2, -0.15) is 0 Å². The van der Waals surface area contributed by atoms with Crippen LogP contribution in [0, 0.1) is 35.5 Å². The van der Waals surface area contributed by atoms with E-state index < -0.39 is 5.92 Å². The molecule has 4 saturated carbocycles. The van der Waals surface area contributed by atoms with Crippen LogP contribution in [0.3, 0.4) is 0 Å². The minimum atomic E-state index is -2.35. The molecule has 0 heterocycles. The lowest BCUT2D eigenvalue weighted by atomic mass is 9.53. The van der Waals surface area contributed by atoms with Crippen molar-refractivity contribution in [3.63, 3.8) is 0 Å². The van der Waals surface area contributed by atoms with Gasteiger partial charge >= 0.3 is 0 Å². The van der Waals surface area contributed by atoms with E-state index in [4.69, 9.17) is 0 Å². The van der Waals surface area contributed by atoms with Gasteiger partial charge in [0.2, 0.25) is 5.92 Å². The molecule has 0 amide bonds. The highest BCUT2D eigenvalue weighted by molar-refractivity contribution is 7.37. The maximum absolute atomic E-state index is 13.7. The van der Waals surface area contributed by atoms with Crippen LogP contribution in [0.25, 0.3) is 0 Å². The molecule has 120 valence electrons. The Labute approximate surface area is 129 Å². The SMILES string of the molecule is CP[C@@H]1CC[C@H]2C3CCC4CC(F)(F)CCC4C3CCC21. The summed E-state index contributed by atoms with van der Waals surface area (Å²) in [6.07, 6.45) is 9.24. The van der Waals surface area contributed by atoms with Gasteiger partial charge in [-0.3, -0.25) is 0 Å². The molecule has 4 aliphatic carbocycles. The molecule has 0 N–H and O–H groups in total. The van der Waals surface area contributed by atoms with Crippen LogP contribution in [0.15, 0.2) is 0 Å². The van der Waals surface area contributed by atoms with Crippen molar-refractivity contribution in [2.24, 2.45) is 35.5 Å². The summed E-state index contributed by atoms with van der Waals surface area (Å²) in [7, 11) is 1.12. The molecule has 0 radical (unpaired) electrons. The van der Waals surface area contributed by atoms with Gasteiger partial charge in [0.25, 0.3) is 0 Å². The van der Waals surface area contributed by atoms with Crippen LogP contribution >= 0.6 is 8.58 Å². The lowest BCUT2D eigenvalue weighted by Gasteiger charge is -2.53. The maximum Gasteiger partial charge on any atom is 0.248 e. The van der Waals surface area contributed by atoms with Crippen LogP contribution in [0.4, 0.5) is 8.78 Å². The Morgan fingerprint density at radius 3 is 2.19 bits per heavy atom. The summed E-state index contributed by atoms with van der Waals surface area (Å²) >= 11 is 0. The van der Waals surface area contributed by atoms with Gasteiger partial charge in [0, 0.05) is 12.8 Å². The van der Waals surface area contributed by atoms with Crippen molar-refractivity contribution in [3.8, 4) is 0 Å². The van der Waals surface area contributed by atoms with Gasteiger partial charge in [0.15, 0.2) is 0 Å². The maximum atomic E-state index is 13.7. The molecule has 0 aromatic rings. The monoisotopic (exact) mass is 314 g/mol. The lowest BCUT2D eigenvalue weighted by Crippen LogP contribution is -2.47. The largest absolute Gasteiger partial charge is 0.248 e. The van der Waals surface area contributed by atoms with Gasteiger partial charge in [-0.05, 0) is 92.8 Å². The van der Waals surface area contributed by atoms with E-state index in [1.165, 1.54) is 32.1 Å². The van der Waals surface area contributed by atoms with Crippen LogP contribution in [-0.2, 0) is 0 Å². The second-order valence-corrected chi connectivity index (χ2v) is 9.62. The highest BCUT2D eigenvalue weighted by Crippen LogP contribution is 2.60. The van der Waals surface area contributed by atoms with Crippen molar-refractivity contribution in [3.05, 3.63) is 0 Å². The Hall–Kier alpha value is 0.290. The van der Waals surface area contributed by atoms with E-state index in [0.29, 0.717) is 11.8 Å². The minimum Gasteiger partial charge on any atom is -0.207 e. The van der Waals surface area contributed by atoms with Gasteiger partial charge in [-0.25, -0.2) is 8.78 Å². The standard InChI is InChI=1S/C18H29F2P/c1-21-17-7-6-15-14-3-2-11-10-18(19,20)9-8-12(11)13(14)4-5-16(15)17/h11-17,21H,2-10H2,1H3/t11?,12?,13?,14?,15-,16?,17+/m0/s1. The minimum absolute atomic E-state index is 0.171. The molecule has 0 spiro atoms. The summed E-state index contributed by atoms with van der Waals surface area (Å²) in [6, 6.07) is 0. The quantitative estimate of drug-likeness (QED) is 0.556. The normalized spacial score (nSPS) is 52.4. The molecule has 4 fully saturated rings. The fraction of sp³-hybridized carbons (Fsp3) is 1.00. The molecule has 0 aliphatic heterocycles. The van der Waals surface area contributed by atoms with E-state index in [-0.39, 0.29) is 12.8 Å². The van der Waals surface area contributed by atoms with Crippen molar-refractivity contribution < 1.29 is 8.78 Å². The third-order valence-electron chi connectivity index (χ3n) is 7.61. The van der Waals surface area contributed by atoms with Crippen molar-refractivity contribution in [1.82, 2.24) is 0 Å². The summed E-state index contributed by atoms with van der Waals surface area (Å²) < 4.78 is 27.4. The molecule has 4 aliphatic rings. The van der Waals surface area contributed by atoms with Crippen LogP contribution in [0.5, 0.6) is 0 Å². The average molecular weight is 314 g/mol. The Bertz CT molecular complexity index is 397. The van der Waals surface area contributed by atoms with Crippen LogP contribution in [0.1, 0.15) is 57.8 Å². The van der Waals surface area contributed by atoms with Gasteiger partial charge in [0.05, 0.1) is 0 Å². The molecule has 0 aromatic carbocycles. The first-order chi connectivity index (χ1) is 10.1. The molecule has 3 heteroatoms. The van der Waals surface area contributed by atoms with E-state index in [2.05, 4.69) is 6.66 Å². The zero-order valence-corrected chi connectivity index (χ0v) is 14.2. The summed E-state index contributed by atoms with van der Waals surface area (Å²) in [5.41, 5.74) is 1.00. The van der Waals surface area contributed by atoms with E-state index in [0.717, 1.165) is 50.8 Å². The van der Waals surface area contributed by atoms with Crippen molar-refractivity contribution in [2.45, 2.75) is 69.4 Å². The molecule has 21 heavy (non-hydrogen) atoms. The highest BCUT2D eigenvalue weighted by Gasteiger charge is 2.53. The molecular weight excluding hydrogens is 285 g/mol. The first-order valence-electron chi connectivity index (χ1n) is 9.14. The molecule has 6 unspecified atom stereocenters. The highest BCUT2D eigenvalue weighted by atomic mass is 31.1. The smallest absolute Gasteiger partial charge is 0.207 e. The van der Waals surface area contributed by atoms with E-state index in [1.807, 2.05) is 0 Å². The number of alkyl halides is 2. The van der Waals surface area contributed by atoms with E-state index in [9.17, 15) is 8.78 Å². The van der Waals surface area contributed by atoms with E-state index in [1.54, 1.807) is 0 Å². The Morgan fingerprint density at radius 1 is 0.762 bits per heavy atom.